The summed E-state index contributed by atoms with van der Waals surface area (Å²) in [7, 11) is 0. The average molecular weight is 412 g/mol. The van der Waals surface area contributed by atoms with Crippen LogP contribution in [-0.2, 0) is 0 Å². The van der Waals surface area contributed by atoms with Crippen LogP contribution in [0.3, 0.4) is 0 Å². The van der Waals surface area contributed by atoms with Gasteiger partial charge in [-0.3, -0.25) is 0 Å². The van der Waals surface area contributed by atoms with E-state index in [1.807, 2.05) is 54.6 Å². The predicted octanol–water partition coefficient (Wildman–Crippen LogP) is 4.53. The first-order chi connectivity index (χ1) is 15.1. The van der Waals surface area contributed by atoms with E-state index < -0.39 is 0 Å². The summed E-state index contributed by atoms with van der Waals surface area (Å²) in [5, 5.41) is 18.1. The Hall–Kier alpha value is -3.79. The minimum Gasteiger partial charge on any atom is -0.371 e. The van der Waals surface area contributed by atoms with E-state index in [9.17, 15) is 0 Å². The fourth-order valence-corrected chi connectivity index (χ4v) is 3.45. The van der Waals surface area contributed by atoms with Crippen molar-refractivity contribution in [3.8, 4) is 6.07 Å². The standard InChI is InChI=1S/C24H25N7/c1-4-30(16-8-15-25)20-13-11-19(12-14-20)26-22-21(18-9-6-5-7-10-18)28-31-24(22)27-23(29-31)17(2)3/h5-7,9-14,17H,4,8,16H2,1-3H3. The maximum Gasteiger partial charge on any atom is 0.204 e. The van der Waals surface area contributed by atoms with E-state index in [1.165, 1.54) is 0 Å². The van der Waals surface area contributed by atoms with Crippen molar-refractivity contribution in [2.75, 3.05) is 18.0 Å². The Morgan fingerprint density at radius 2 is 1.84 bits per heavy atom. The molecular formula is C24H25N7. The molecule has 0 unspecified atom stereocenters. The topological polar surface area (TPSA) is 82.5 Å². The van der Waals surface area contributed by atoms with Crippen LogP contribution < -0.4 is 4.90 Å². The van der Waals surface area contributed by atoms with Crippen LogP contribution in [0.1, 0.15) is 50.3 Å². The number of hydrogen-bond donors (Lipinski definition) is 0. The Morgan fingerprint density at radius 3 is 2.48 bits per heavy atom. The van der Waals surface area contributed by atoms with Crippen molar-refractivity contribution in [2.24, 2.45) is 10.1 Å². The molecule has 0 saturated carbocycles. The van der Waals surface area contributed by atoms with Crippen LogP contribution in [-0.4, -0.2) is 39.4 Å². The molecule has 0 radical (unpaired) electrons. The van der Waals surface area contributed by atoms with Crippen molar-refractivity contribution in [3.05, 3.63) is 71.8 Å². The highest BCUT2D eigenvalue weighted by molar-refractivity contribution is 6.54. The zero-order chi connectivity index (χ0) is 21.8. The zero-order valence-corrected chi connectivity index (χ0v) is 18.0. The number of rotatable bonds is 7. The number of nitriles is 1. The molecule has 31 heavy (non-hydrogen) atoms. The van der Waals surface area contributed by atoms with Gasteiger partial charge in [-0.15, -0.1) is 15.0 Å². The third-order valence-electron chi connectivity index (χ3n) is 5.13. The van der Waals surface area contributed by atoms with Crippen molar-refractivity contribution >= 4 is 22.8 Å². The quantitative estimate of drug-likeness (QED) is 0.572. The molecule has 0 bridgehead atoms. The van der Waals surface area contributed by atoms with Crippen LogP contribution in [0.5, 0.6) is 0 Å². The fraction of sp³-hybridized carbons (Fsp3) is 0.292. The summed E-state index contributed by atoms with van der Waals surface area (Å²) in [5.74, 6) is 1.63. The van der Waals surface area contributed by atoms with E-state index in [-0.39, 0.29) is 5.92 Å². The van der Waals surface area contributed by atoms with Gasteiger partial charge in [0.1, 0.15) is 11.4 Å². The molecule has 3 aromatic rings. The van der Waals surface area contributed by atoms with Gasteiger partial charge in [0.15, 0.2) is 5.82 Å². The molecule has 156 valence electrons. The van der Waals surface area contributed by atoms with Gasteiger partial charge < -0.3 is 4.90 Å². The predicted molar refractivity (Wildman–Crippen MR) is 123 cm³/mol. The number of aromatic nitrogens is 3. The normalized spacial score (nSPS) is 13.9. The van der Waals surface area contributed by atoms with Crippen molar-refractivity contribution in [2.45, 2.75) is 33.1 Å². The molecule has 2 aromatic carbocycles. The van der Waals surface area contributed by atoms with Crippen LogP contribution in [0.25, 0.3) is 0 Å². The first-order valence-electron chi connectivity index (χ1n) is 10.5. The zero-order valence-electron chi connectivity index (χ0n) is 18.0. The van der Waals surface area contributed by atoms with Gasteiger partial charge in [0.05, 0.1) is 18.2 Å². The fourth-order valence-electron chi connectivity index (χ4n) is 3.45. The molecule has 0 saturated heterocycles. The number of hydrogen-bond acceptors (Lipinski definition) is 6. The van der Waals surface area contributed by atoms with Crippen molar-refractivity contribution in [1.29, 1.82) is 5.26 Å². The molecule has 1 aliphatic rings. The molecule has 0 fully saturated rings. The van der Waals surface area contributed by atoms with E-state index >= 15 is 0 Å². The Bertz CT molecular complexity index is 1150. The smallest absolute Gasteiger partial charge is 0.204 e. The Balaban J connectivity index is 1.71. The largest absolute Gasteiger partial charge is 0.371 e. The number of nitrogens with zero attached hydrogens (tertiary/aromatic N) is 7. The lowest BCUT2D eigenvalue weighted by Crippen LogP contribution is -2.23. The average Bonchev–Trinajstić information content (AvgIpc) is 3.35. The molecule has 0 atom stereocenters. The number of aliphatic imine (C=N–C) groups is 1. The summed E-state index contributed by atoms with van der Waals surface area (Å²) in [6, 6.07) is 20.2. The maximum atomic E-state index is 8.88. The monoisotopic (exact) mass is 411 g/mol. The van der Waals surface area contributed by atoms with Crippen molar-refractivity contribution in [3.63, 3.8) is 0 Å². The van der Waals surface area contributed by atoms with Gasteiger partial charge in [0, 0.05) is 30.3 Å². The molecule has 7 nitrogen and oxygen atoms in total. The van der Waals surface area contributed by atoms with Gasteiger partial charge in [-0.1, -0.05) is 44.2 Å². The van der Waals surface area contributed by atoms with Gasteiger partial charge in [-0.05, 0) is 31.2 Å². The van der Waals surface area contributed by atoms with Gasteiger partial charge in [-0.2, -0.15) is 5.26 Å². The minimum atomic E-state index is 0.211. The summed E-state index contributed by atoms with van der Waals surface area (Å²) in [4.78, 5) is 13.4. The lowest BCUT2D eigenvalue weighted by molar-refractivity contribution is 0.698. The van der Waals surface area contributed by atoms with E-state index in [1.54, 1.807) is 4.79 Å². The second-order valence-electron chi connectivity index (χ2n) is 7.62. The molecule has 0 spiro atoms. The molecular weight excluding hydrogens is 386 g/mol. The van der Waals surface area contributed by atoms with Gasteiger partial charge >= 0.3 is 0 Å². The summed E-state index contributed by atoms with van der Waals surface area (Å²) >= 11 is 0. The van der Waals surface area contributed by atoms with E-state index in [0.29, 0.717) is 18.8 Å². The van der Waals surface area contributed by atoms with E-state index in [4.69, 9.17) is 15.2 Å². The van der Waals surface area contributed by atoms with Crippen LogP contribution in [0.2, 0.25) is 0 Å². The molecule has 0 N–H and O–H groups in total. The van der Waals surface area contributed by atoms with Crippen LogP contribution in [0, 0.1) is 11.3 Å². The summed E-state index contributed by atoms with van der Waals surface area (Å²) in [6.07, 6.45) is 0.503. The van der Waals surface area contributed by atoms with Crippen LogP contribution >= 0.6 is 0 Å². The number of benzene rings is 2. The molecule has 0 amide bonds. The third-order valence-corrected chi connectivity index (χ3v) is 5.13. The molecule has 1 aliphatic heterocycles. The number of anilines is 1. The van der Waals surface area contributed by atoms with Crippen LogP contribution in [0.15, 0.2) is 64.7 Å². The lowest BCUT2D eigenvalue weighted by Gasteiger charge is -2.21. The minimum absolute atomic E-state index is 0.211. The Kier molecular flexibility index (Phi) is 5.89. The lowest BCUT2D eigenvalue weighted by atomic mass is 10.1. The van der Waals surface area contributed by atoms with Crippen molar-refractivity contribution in [1.82, 2.24) is 14.9 Å². The highest BCUT2D eigenvalue weighted by Crippen LogP contribution is 2.24. The second kappa shape index (κ2) is 8.92. The molecule has 0 aliphatic carbocycles. The maximum absolute atomic E-state index is 8.88. The summed E-state index contributed by atoms with van der Waals surface area (Å²) < 4.78 is 0. The molecule has 4 rings (SSSR count). The molecule has 7 heteroatoms. The first kappa shape index (κ1) is 20.5. The molecule has 1 aromatic heterocycles. The van der Waals surface area contributed by atoms with E-state index in [0.717, 1.165) is 40.7 Å². The number of fused-ring (bicyclic) bond motifs is 1. The third kappa shape index (κ3) is 4.24. The first-order valence-corrected chi connectivity index (χ1v) is 10.5. The van der Waals surface area contributed by atoms with E-state index in [2.05, 4.69) is 41.9 Å². The van der Waals surface area contributed by atoms with Gasteiger partial charge in [0.2, 0.25) is 5.82 Å². The van der Waals surface area contributed by atoms with Gasteiger partial charge in [0.25, 0.3) is 0 Å². The SMILES string of the molecule is CCN(CCC#N)c1ccc(N=C2C(c3ccccc3)=Nn3nc(C(C)C)nc32)cc1. The van der Waals surface area contributed by atoms with Crippen molar-refractivity contribution < 1.29 is 0 Å². The molecule has 2 heterocycles. The van der Waals surface area contributed by atoms with Crippen LogP contribution in [0.4, 0.5) is 11.4 Å². The Labute approximate surface area is 182 Å². The Morgan fingerprint density at radius 1 is 1.10 bits per heavy atom. The second-order valence-corrected chi connectivity index (χ2v) is 7.62. The highest BCUT2D eigenvalue weighted by atomic mass is 15.6. The highest BCUT2D eigenvalue weighted by Gasteiger charge is 2.29. The summed E-state index contributed by atoms with van der Waals surface area (Å²) in [6.45, 7) is 7.78. The van der Waals surface area contributed by atoms with Gasteiger partial charge in [-0.25, -0.2) is 9.98 Å². The summed E-state index contributed by atoms with van der Waals surface area (Å²) in [5.41, 5.74) is 4.36.